The molecule has 1 aliphatic carbocycles. The molecule has 0 aromatic heterocycles. The molecule has 1 aromatic carbocycles. The van der Waals surface area contributed by atoms with E-state index in [1.165, 1.54) is 19.3 Å². The van der Waals surface area contributed by atoms with Crippen LogP contribution in [0.2, 0.25) is 0 Å². The molecule has 3 heteroatoms. The van der Waals surface area contributed by atoms with E-state index in [1.807, 2.05) is 24.3 Å². The lowest BCUT2D eigenvalue weighted by molar-refractivity contribution is -0.121. The molecule has 0 atom stereocenters. The van der Waals surface area contributed by atoms with E-state index in [4.69, 9.17) is 5.73 Å². The van der Waals surface area contributed by atoms with Gasteiger partial charge in [-0.25, -0.2) is 0 Å². The second-order valence-corrected chi connectivity index (χ2v) is 5.15. The summed E-state index contributed by atoms with van der Waals surface area (Å²) in [6.45, 7) is 0. The number of nitrogens with one attached hydrogen (secondary N) is 1. The molecule has 0 bridgehead atoms. The first-order valence-corrected chi connectivity index (χ1v) is 6.88. The Morgan fingerprint density at radius 3 is 2.78 bits per heavy atom. The van der Waals surface area contributed by atoms with E-state index in [2.05, 4.69) is 5.32 Å². The number of hydrogen-bond donors (Lipinski definition) is 2. The first kappa shape index (κ1) is 12.9. The Labute approximate surface area is 109 Å². The van der Waals surface area contributed by atoms with Crippen molar-refractivity contribution in [3.8, 4) is 0 Å². The Morgan fingerprint density at radius 1 is 1.28 bits per heavy atom. The molecule has 18 heavy (non-hydrogen) atoms. The van der Waals surface area contributed by atoms with Crippen molar-refractivity contribution >= 4 is 11.6 Å². The van der Waals surface area contributed by atoms with E-state index in [1.54, 1.807) is 0 Å². The minimum absolute atomic E-state index is 0.171. The van der Waals surface area contributed by atoms with Gasteiger partial charge in [0.2, 0.25) is 5.91 Å². The second kappa shape index (κ2) is 6.43. The molecular weight excluding hydrogens is 224 g/mol. The second-order valence-electron chi connectivity index (χ2n) is 5.15. The number of carbonyl (C=O) groups is 1. The Hall–Kier alpha value is -1.51. The van der Waals surface area contributed by atoms with Crippen LogP contribution in [0, 0.1) is 0 Å². The Balaban J connectivity index is 1.74. The molecule has 0 heterocycles. The molecule has 1 amide bonds. The minimum atomic E-state index is 0.171. The van der Waals surface area contributed by atoms with Gasteiger partial charge in [-0.1, -0.05) is 31.4 Å². The zero-order chi connectivity index (χ0) is 12.8. The van der Waals surface area contributed by atoms with E-state index in [0.717, 1.165) is 30.5 Å². The van der Waals surface area contributed by atoms with Gasteiger partial charge >= 0.3 is 0 Å². The lowest BCUT2D eigenvalue weighted by Crippen LogP contribution is -2.36. The third kappa shape index (κ3) is 4.06. The highest BCUT2D eigenvalue weighted by atomic mass is 16.1. The van der Waals surface area contributed by atoms with Gasteiger partial charge < -0.3 is 11.1 Å². The van der Waals surface area contributed by atoms with E-state index in [0.29, 0.717) is 12.5 Å². The number of amides is 1. The van der Waals surface area contributed by atoms with Gasteiger partial charge in [-0.3, -0.25) is 4.79 Å². The van der Waals surface area contributed by atoms with Crippen LogP contribution in [0.1, 0.15) is 44.1 Å². The molecule has 3 nitrogen and oxygen atoms in total. The standard InChI is InChI=1S/C15H22N2O/c16-13-6-4-5-12(11-13)9-10-15(18)17-14-7-2-1-3-8-14/h4-6,11,14H,1-3,7-10,16H2,(H,17,18). The van der Waals surface area contributed by atoms with Crippen LogP contribution in [-0.4, -0.2) is 11.9 Å². The number of hydrogen-bond acceptors (Lipinski definition) is 2. The van der Waals surface area contributed by atoms with Crippen molar-refractivity contribution in [3.05, 3.63) is 29.8 Å². The highest BCUT2D eigenvalue weighted by Crippen LogP contribution is 2.17. The predicted octanol–water partition coefficient (Wildman–Crippen LogP) is 2.65. The summed E-state index contributed by atoms with van der Waals surface area (Å²) in [5.41, 5.74) is 7.61. The lowest BCUT2D eigenvalue weighted by Gasteiger charge is -2.22. The van der Waals surface area contributed by atoms with E-state index < -0.39 is 0 Å². The fourth-order valence-corrected chi connectivity index (χ4v) is 2.55. The average molecular weight is 246 g/mol. The summed E-state index contributed by atoms with van der Waals surface area (Å²) in [5.74, 6) is 0.171. The zero-order valence-electron chi connectivity index (χ0n) is 10.8. The summed E-state index contributed by atoms with van der Waals surface area (Å²) in [7, 11) is 0. The summed E-state index contributed by atoms with van der Waals surface area (Å²) in [6, 6.07) is 8.17. The number of nitrogens with two attached hydrogens (primary N) is 1. The van der Waals surface area contributed by atoms with Crippen molar-refractivity contribution in [2.24, 2.45) is 0 Å². The molecular formula is C15H22N2O. The number of carbonyl (C=O) groups excluding carboxylic acids is 1. The van der Waals surface area contributed by atoms with Crippen molar-refractivity contribution in [2.45, 2.75) is 51.0 Å². The fourth-order valence-electron chi connectivity index (χ4n) is 2.55. The summed E-state index contributed by atoms with van der Waals surface area (Å²) >= 11 is 0. The first-order chi connectivity index (χ1) is 8.74. The summed E-state index contributed by atoms with van der Waals surface area (Å²) in [4.78, 5) is 11.8. The van der Waals surface area contributed by atoms with Gasteiger partial charge in [0.05, 0.1) is 0 Å². The average Bonchev–Trinajstić information content (AvgIpc) is 2.38. The van der Waals surface area contributed by atoms with Gasteiger partial charge in [-0.15, -0.1) is 0 Å². The normalized spacial score (nSPS) is 16.4. The fraction of sp³-hybridized carbons (Fsp3) is 0.533. The van der Waals surface area contributed by atoms with Gasteiger partial charge in [0.25, 0.3) is 0 Å². The predicted molar refractivity (Wildman–Crippen MR) is 74.2 cm³/mol. The molecule has 2 rings (SSSR count). The van der Waals surface area contributed by atoms with Crippen LogP contribution in [0.15, 0.2) is 24.3 Å². The van der Waals surface area contributed by atoms with Crippen molar-refractivity contribution in [1.29, 1.82) is 0 Å². The van der Waals surface area contributed by atoms with Gasteiger partial charge in [-0.2, -0.15) is 0 Å². The maximum absolute atomic E-state index is 11.8. The molecule has 0 saturated heterocycles. The molecule has 1 saturated carbocycles. The Kier molecular flexibility index (Phi) is 4.62. The summed E-state index contributed by atoms with van der Waals surface area (Å²) in [6.07, 6.45) is 7.42. The SMILES string of the molecule is Nc1cccc(CCC(=O)NC2CCCCC2)c1. The van der Waals surface area contributed by atoms with Gasteiger partial charge in [-0.05, 0) is 37.0 Å². The van der Waals surface area contributed by atoms with Crippen LogP contribution in [-0.2, 0) is 11.2 Å². The van der Waals surface area contributed by atoms with Crippen molar-refractivity contribution in [1.82, 2.24) is 5.32 Å². The molecule has 0 radical (unpaired) electrons. The maximum Gasteiger partial charge on any atom is 0.220 e. The van der Waals surface area contributed by atoms with E-state index in [9.17, 15) is 4.79 Å². The third-order valence-corrected chi connectivity index (χ3v) is 3.56. The van der Waals surface area contributed by atoms with Gasteiger partial charge in [0, 0.05) is 18.2 Å². The summed E-state index contributed by atoms with van der Waals surface area (Å²) in [5, 5.41) is 3.13. The quantitative estimate of drug-likeness (QED) is 0.802. The smallest absolute Gasteiger partial charge is 0.220 e. The summed E-state index contributed by atoms with van der Waals surface area (Å²) < 4.78 is 0. The molecule has 1 aromatic rings. The van der Waals surface area contributed by atoms with Crippen LogP contribution < -0.4 is 11.1 Å². The van der Waals surface area contributed by atoms with Crippen LogP contribution in [0.3, 0.4) is 0 Å². The molecule has 0 unspecified atom stereocenters. The molecule has 1 aliphatic rings. The van der Waals surface area contributed by atoms with Crippen molar-refractivity contribution in [2.75, 3.05) is 5.73 Å². The zero-order valence-corrected chi connectivity index (χ0v) is 10.8. The Bertz CT molecular complexity index is 397. The molecule has 1 fully saturated rings. The van der Waals surface area contributed by atoms with Gasteiger partial charge in [0.1, 0.15) is 0 Å². The Morgan fingerprint density at radius 2 is 2.06 bits per heavy atom. The van der Waals surface area contributed by atoms with Crippen molar-refractivity contribution < 1.29 is 4.79 Å². The van der Waals surface area contributed by atoms with Crippen LogP contribution in [0.25, 0.3) is 0 Å². The highest BCUT2D eigenvalue weighted by Gasteiger charge is 2.15. The minimum Gasteiger partial charge on any atom is -0.399 e. The number of aryl methyl sites for hydroxylation is 1. The van der Waals surface area contributed by atoms with E-state index in [-0.39, 0.29) is 5.91 Å². The van der Waals surface area contributed by atoms with Crippen LogP contribution in [0.4, 0.5) is 5.69 Å². The van der Waals surface area contributed by atoms with E-state index >= 15 is 0 Å². The van der Waals surface area contributed by atoms with Crippen molar-refractivity contribution in [3.63, 3.8) is 0 Å². The molecule has 98 valence electrons. The molecule has 0 aliphatic heterocycles. The monoisotopic (exact) mass is 246 g/mol. The topological polar surface area (TPSA) is 55.1 Å². The third-order valence-electron chi connectivity index (χ3n) is 3.56. The number of rotatable bonds is 4. The number of nitrogen functional groups attached to an aromatic ring is 1. The number of benzene rings is 1. The molecule has 0 spiro atoms. The first-order valence-electron chi connectivity index (χ1n) is 6.88. The maximum atomic E-state index is 11.8. The largest absolute Gasteiger partial charge is 0.399 e. The molecule has 3 N–H and O–H groups in total. The van der Waals surface area contributed by atoms with Crippen LogP contribution in [0.5, 0.6) is 0 Å². The number of anilines is 1. The van der Waals surface area contributed by atoms with Gasteiger partial charge in [0.15, 0.2) is 0 Å². The van der Waals surface area contributed by atoms with Crippen LogP contribution >= 0.6 is 0 Å². The lowest BCUT2D eigenvalue weighted by atomic mass is 9.95. The highest BCUT2D eigenvalue weighted by molar-refractivity contribution is 5.76.